The Balaban J connectivity index is 1.56. The Labute approximate surface area is 150 Å². The molecule has 0 bridgehead atoms. The number of nitrogens with one attached hydrogen (secondary N) is 1. The van der Waals surface area contributed by atoms with Crippen LogP contribution in [0.25, 0.3) is 10.9 Å². The predicted molar refractivity (Wildman–Crippen MR) is 99.3 cm³/mol. The van der Waals surface area contributed by atoms with Crippen LogP contribution in [0.5, 0.6) is 5.75 Å². The van der Waals surface area contributed by atoms with Crippen LogP contribution in [0.1, 0.15) is 17.7 Å². The Hall–Kier alpha value is -2.59. The lowest BCUT2D eigenvalue weighted by atomic mass is 10.1. The van der Waals surface area contributed by atoms with Crippen molar-refractivity contribution in [1.29, 1.82) is 0 Å². The van der Waals surface area contributed by atoms with Gasteiger partial charge in [0, 0.05) is 16.1 Å². The molecule has 1 aliphatic rings. The first-order valence-electron chi connectivity index (χ1n) is 8.29. The molecule has 1 aliphatic carbocycles. The maximum absolute atomic E-state index is 12.4. The number of fused-ring (bicyclic) bond motifs is 2. The van der Waals surface area contributed by atoms with Crippen LogP contribution in [0, 0.1) is 0 Å². The van der Waals surface area contributed by atoms with Crippen LogP contribution >= 0.6 is 11.6 Å². The van der Waals surface area contributed by atoms with Crippen molar-refractivity contribution in [3.8, 4) is 5.75 Å². The van der Waals surface area contributed by atoms with Crippen molar-refractivity contribution in [2.24, 2.45) is 0 Å². The number of hydrogen-bond donors (Lipinski definition) is 1. The molecule has 1 heterocycles. The van der Waals surface area contributed by atoms with Gasteiger partial charge in [-0.15, -0.1) is 0 Å². The number of nitrogens with zero attached hydrogens (tertiary/aromatic N) is 1. The summed E-state index contributed by atoms with van der Waals surface area (Å²) in [6.45, 7) is -0.0486. The zero-order valence-corrected chi connectivity index (χ0v) is 14.3. The van der Waals surface area contributed by atoms with Gasteiger partial charge in [0.05, 0.1) is 11.2 Å². The van der Waals surface area contributed by atoms with Crippen molar-refractivity contribution in [2.45, 2.75) is 19.3 Å². The van der Waals surface area contributed by atoms with Crippen molar-refractivity contribution in [2.75, 3.05) is 11.9 Å². The first-order valence-corrected chi connectivity index (χ1v) is 8.67. The fourth-order valence-corrected chi connectivity index (χ4v) is 3.33. The van der Waals surface area contributed by atoms with E-state index in [1.54, 1.807) is 24.3 Å². The largest absolute Gasteiger partial charge is 0.484 e. The molecule has 0 unspecified atom stereocenters. The Morgan fingerprint density at radius 2 is 1.92 bits per heavy atom. The van der Waals surface area contributed by atoms with E-state index >= 15 is 0 Å². The summed E-state index contributed by atoms with van der Waals surface area (Å²) in [5.41, 5.74) is 4.03. The molecular formula is C20H17ClN2O2. The number of carbonyl (C=O) groups is 1. The van der Waals surface area contributed by atoms with Crippen molar-refractivity contribution < 1.29 is 9.53 Å². The SMILES string of the molecule is O=C(COc1ccc(Cl)cc1)Nc1c2c(nc3ccccc13)CCC2. The van der Waals surface area contributed by atoms with Gasteiger partial charge in [-0.05, 0) is 55.2 Å². The summed E-state index contributed by atoms with van der Waals surface area (Å²) in [5.74, 6) is 0.435. The van der Waals surface area contributed by atoms with Gasteiger partial charge < -0.3 is 10.1 Å². The van der Waals surface area contributed by atoms with E-state index < -0.39 is 0 Å². The van der Waals surface area contributed by atoms with Gasteiger partial charge in [0.15, 0.2) is 6.61 Å². The standard InChI is InChI=1S/C20H17ClN2O2/c21-13-8-10-14(11-9-13)25-12-19(24)23-20-15-4-1-2-6-17(15)22-18-7-3-5-16(18)20/h1-2,4,6,8-11H,3,5,7,12H2,(H,22,23,24). The Bertz CT molecular complexity index is 938. The number of carbonyl (C=O) groups excluding carboxylic acids is 1. The summed E-state index contributed by atoms with van der Waals surface area (Å²) in [4.78, 5) is 17.1. The van der Waals surface area contributed by atoms with Crippen LogP contribution in [0.3, 0.4) is 0 Å². The molecule has 1 N–H and O–H groups in total. The van der Waals surface area contributed by atoms with Crippen molar-refractivity contribution in [3.05, 3.63) is 64.8 Å². The van der Waals surface area contributed by atoms with Crippen LogP contribution in [0.4, 0.5) is 5.69 Å². The predicted octanol–water partition coefficient (Wildman–Crippen LogP) is 4.39. The molecule has 0 atom stereocenters. The molecule has 1 amide bonds. The normalized spacial score (nSPS) is 12.8. The number of halogens is 1. The third-order valence-electron chi connectivity index (χ3n) is 4.37. The van der Waals surface area contributed by atoms with Crippen LogP contribution in [-0.4, -0.2) is 17.5 Å². The molecule has 0 spiro atoms. The molecule has 1 aromatic heterocycles. The third-order valence-corrected chi connectivity index (χ3v) is 4.62. The topological polar surface area (TPSA) is 51.2 Å². The lowest BCUT2D eigenvalue weighted by molar-refractivity contribution is -0.118. The second-order valence-corrected chi connectivity index (χ2v) is 6.51. The Kier molecular flexibility index (Phi) is 4.28. The quantitative estimate of drug-likeness (QED) is 0.757. The van der Waals surface area contributed by atoms with Crippen LogP contribution in [-0.2, 0) is 17.6 Å². The highest BCUT2D eigenvalue weighted by Crippen LogP contribution is 2.33. The summed E-state index contributed by atoms with van der Waals surface area (Å²) < 4.78 is 5.54. The second-order valence-electron chi connectivity index (χ2n) is 6.07. The second kappa shape index (κ2) is 6.73. The molecule has 126 valence electrons. The molecule has 0 saturated heterocycles. The monoisotopic (exact) mass is 352 g/mol. The van der Waals surface area contributed by atoms with Gasteiger partial charge in [-0.3, -0.25) is 9.78 Å². The molecule has 0 fully saturated rings. The van der Waals surface area contributed by atoms with Gasteiger partial charge in [-0.25, -0.2) is 0 Å². The number of aryl methyl sites for hydroxylation is 1. The van der Waals surface area contributed by atoms with Gasteiger partial charge in [-0.1, -0.05) is 29.8 Å². The maximum atomic E-state index is 12.4. The number of benzene rings is 2. The van der Waals surface area contributed by atoms with Gasteiger partial charge in [-0.2, -0.15) is 0 Å². The van der Waals surface area contributed by atoms with Gasteiger partial charge in [0.2, 0.25) is 0 Å². The van der Waals surface area contributed by atoms with E-state index in [-0.39, 0.29) is 12.5 Å². The summed E-state index contributed by atoms with van der Waals surface area (Å²) >= 11 is 5.85. The first-order chi connectivity index (χ1) is 12.2. The van der Waals surface area contributed by atoms with E-state index in [9.17, 15) is 4.79 Å². The van der Waals surface area contributed by atoms with E-state index in [2.05, 4.69) is 5.32 Å². The summed E-state index contributed by atoms with van der Waals surface area (Å²) in [6, 6.07) is 14.9. The van der Waals surface area contributed by atoms with Crippen molar-refractivity contribution in [1.82, 2.24) is 4.98 Å². The van der Waals surface area contributed by atoms with Crippen molar-refractivity contribution in [3.63, 3.8) is 0 Å². The molecule has 2 aromatic carbocycles. The number of pyridine rings is 1. The lowest BCUT2D eigenvalue weighted by Crippen LogP contribution is -2.21. The number of hydrogen-bond acceptors (Lipinski definition) is 3. The fourth-order valence-electron chi connectivity index (χ4n) is 3.21. The zero-order valence-electron chi connectivity index (χ0n) is 13.6. The van der Waals surface area contributed by atoms with E-state index in [0.717, 1.165) is 47.1 Å². The van der Waals surface area contributed by atoms with Crippen LogP contribution < -0.4 is 10.1 Å². The Morgan fingerprint density at radius 1 is 1.12 bits per heavy atom. The van der Waals surface area contributed by atoms with E-state index in [1.165, 1.54) is 0 Å². The van der Waals surface area contributed by atoms with E-state index in [1.807, 2.05) is 24.3 Å². The number of ether oxygens (including phenoxy) is 1. The van der Waals surface area contributed by atoms with Crippen LogP contribution in [0.2, 0.25) is 5.02 Å². The highest BCUT2D eigenvalue weighted by molar-refractivity contribution is 6.30. The molecule has 3 aromatic rings. The number of para-hydroxylation sites is 1. The molecule has 0 aliphatic heterocycles. The minimum absolute atomic E-state index is 0.0486. The molecule has 4 rings (SSSR count). The van der Waals surface area contributed by atoms with Gasteiger partial charge in [0.1, 0.15) is 5.75 Å². The number of rotatable bonds is 4. The zero-order chi connectivity index (χ0) is 17.2. The van der Waals surface area contributed by atoms with Crippen LogP contribution in [0.15, 0.2) is 48.5 Å². The number of aromatic nitrogens is 1. The molecule has 0 saturated carbocycles. The lowest BCUT2D eigenvalue weighted by Gasteiger charge is -2.14. The molecule has 0 radical (unpaired) electrons. The van der Waals surface area contributed by atoms with E-state index in [0.29, 0.717) is 10.8 Å². The van der Waals surface area contributed by atoms with E-state index in [4.69, 9.17) is 21.3 Å². The summed E-state index contributed by atoms with van der Waals surface area (Å²) in [6.07, 6.45) is 2.98. The minimum Gasteiger partial charge on any atom is -0.484 e. The van der Waals surface area contributed by atoms with Crippen molar-refractivity contribution >= 4 is 34.1 Å². The maximum Gasteiger partial charge on any atom is 0.262 e. The average molecular weight is 353 g/mol. The molecular weight excluding hydrogens is 336 g/mol. The molecule has 4 nitrogen and oxygen atoms in total. The minimum atomic E-state index is -0.180. The smallest absolute Gasteiger partial charge is 0.262 e. The molecule has 25 heavy (non-hydrogen) atoms. The fraction of sp³-hybridized carbons (Fsp3) is 0.200. The molecule has 5 heteroatoms. The number of amides is 1. The summed E-state index contributed by atoms with van der Waals surface area (Å²) in [5, 5.41) is 4.65. The summed E-state index contributed by atoms with van der Waals surface area (Å²) in [7, 11) is 0. The Morgan fingerprint density at radius 3 is 2.76 bits per heavy atom. The van der Waals surface area contributed by atoms with Gasteiger partial charge in [0.25, 0.3) is 5.91 Å². The highest BCUT2D eigenvalue weighted by Gasteiger charge is 2.20. The highest BCUT2D eigenvalue weighted by atomic mass is 35.5. The first kappa shape index (κ1) is 15.9. The third kappa shape index (κ3) is 3.30. The average Bonchev–Trinajstić information content (AvgIpc) is 3.09. The van der Waals surface area contributed by atoms with Gasteiger partial charge >= 0.3 is 0 Å². The number of anilines is 1.